The van der Waals surface area contributed by atoms with Crippen molar-refractivity contribution in [1.29, 1.82) is 0 Å². The zero-order valence-corrected chi connectivity index (χ0v) is 11.6. The van der Waals surface area contributed by atoms with Gasteiger partial charge in [-0.15, -0.1) is 0 Å². The molecule has 1 atom stereocenters. The second kappa shape index (κ2) is 5.44. The predicted molar refractivity (Wildman–Crippen MR) is 76.6 cm³/mol. The van der Waals surface area contributed by atoms with E-state index < -0.39 is 0 Å². The Bertz CT molecular complexity index is 553. The molecule has 0 bridgehead atoms. The molecule has 1 unspecified atom stereocenters. The van der Waals surface area contributed by atoms with Crippen molar-refractivity contribution in [3.05, 3.63) is 18.6 Å². The maximum Gasteiger partial charge on any atom is 0.180 e. The van der Waals surface area contributed by atoms with Crippen molar-refractivity contribution in [2.75, 3.05) is 24.3 Å². The standard InChI is InChI=1S/C13H21N5O/c1-4-13(2,5-8-19)17-11-12-15-6-7-18(12)9-10(14-3)16-11/h6-7,9,14,19H,4-5,8H2,1-3H3,(H,16,17). The molecule has 0 spiro atoms. The Labute approximate surface area is 112 Å². The molecule has 6 heteroatoms. The van der Waals surface area contributed by atoms with Gasteiger partial charge in [0.25, 0.3) is 0 Å². The van der Waals surface area contributed by atoms with Gasteiger partial charge in [0.2, 0.25) is 0 Å². The van der Waals surface area contributed by atoms with Gasteiger partial charge >= 0.3 is 0 Å². The molecule has 0 saturated heterocycles. The van der Waals surface area contributed by atoms with Crippen molar-refractivity contribution in [1.82, 2.24) is 14.4 Å². The van der Waals surface area contributed by atoms with Crippen LogP contribution in [0.3, 0.4) is 0 Å². The molecule has 104 valence electrons. The summed E-state index contributed by atoms with van der Waals surface area (Å²) in [5.74, 6) is 1.50. The van der Waals surface area contributed by atoms with E-state index in [1.807, 2.05) is 23.8 Å². The van der Waals surface area contributed by atoms with Crippen LogP contribution in [-0.2, 0) is 0 Å². The topological polar surface area (TPSA) is 74.5 Å². The lowest BCUT2D eigenvalue weighted by Gasteiger charge is -2.29. The molecule has 2 aromatic heterocycles. The number of fused-ring (bicyclic) bond motifs is 1. The molecule has 2 aromatic rings. The van der Waals surface area contributed by atoms with Crippen molar-refractivity contribution >= 4 is 17.3 Å². The number of anilines is 2. The maximum absolute atomic E-state index is 9.19. The van der Waals surface area contributed by atoms with Crippen LogP contribution in [0.2, 0.25) is 0 Å². The number of imidazole rings is 1. The van der Waals surface area contributed by atoms with Gasteiger partial charge in [-0.25, -0.2) is 9.97 Å². The maximum atomic E-state index is 9.19. The Morgan fingerprint density at radius 2 is 2.26 bits per heavy atom. The summed E-state index contributed by atoms with van der Waals surface area (Å²) >= 11 is 0. The number of hydrogen-bond donors (Lipinski definition) is 3. The van der Waals surface area contributed by atoms with Gasteiger partial charge in [0.1, 0.15) is 5.82 Å². The van der Waals surface area contributed by atoms with Crippen molar-refractivity contribution in [2.24, 2.45) is 0 Å². The normalized spacial score (nSPS) is 14.3. The zero-order valence-electron chi connectivity index (χ0n) is 11.6. The minimum Gasteiger partial charge on any atom is -0.396 e. The smallest absolute Gasteiger partial charge is 0.180 e. The fourth-order valence-corrected chi connectivity index (χ4v) is 2.00. The molecular formula is C13H21N5O. The van der Waals surface area contributed by atoms with Crippen molar-refractivity contribution in [3.8, 4) is 0 Å². The van der Waals surface area contributed by atoms with Gasteiger partial charge in [-0.05, 0) is 19.8 Å². The van der Waals surface area contributed by atoms with E-state index in [9.17, 15) is 5.11 Å². The molecule has 0 aromatic carbocycles. The summed E-state index contributed by atoms with van der Waals surface area (Å²) in [6, 6.07) is 0. The number of rotatable bonds is 6. The Balaban J connectivity index is 2.40. The van der Waals surface area contributed by atoms with Gasteiger partial charge in [0.05, 0.1) is 6.20 Å². The van der Waals surface area contributed by atoms with Gasteiger partial charge in [0, 0.05) is 31.6 Å². The molecule has 0 amide bonds. The van der Waals surface area contributed by atoms with Crippen LogP contribution < -0.4 is 10.6 Å². The highest BCUT2D eigenvalue weighted by molar-refractivity contribution is 5.66. The van der Waals surface area contributed by atoms with Gasteiger partial charge < -0.3 is 20.1 Å². The highest BCUT2D eigenvalue weighted by Crippen LogP contribution is 2.24. The fraction of sp³-hybridized carbons (Fsp3) is 0.538. The minimum absolute atomic E-state index is 0.147. The predicted octanol–water partition coefficient (Wildman–Crippen LogP) is 1.73. The first-order valence-corrected chi connectivity index (χ1v) is 6.52. The van der Waals surface area contributed by atoms with Crippen LogP contribution in [0, 0.1) is 0 Å². The summed E-state index contributed by atoms with van der Waals surface area (Å²) in [6.07, 6.45) is 7.09. The van der Waals surface area contributed by atoms with Crippen LogP contribution in [0.1, 0.15) is 26.7 Å². The third kappa shape index (κ3) is 2.78. The molecule has 19 heavy (non-hydrogen) atoms. The molecule has 0 aliphatic heterocycles. The van der Waals surface area contributed by atoms with E-state index in [2.05, 4.69) is 34.4 Å². The summed E-state index contributed by atoms with van der Waals surface area (Å²) in [6.45, 7) is 4.32. The lowest BCUT2D eigenvalue weighted by molar-refractivity contribution is 0.252. The number of hydrogen-bond acceptors (Lipinski definition) is 5. The van der Waals surface area contributed by atoms with Crippen LogP contribution in [0.15, 0.2) is 18.6 Å². The Morgan fingerprint density at radius 3 is 2.89 bits per heavy atom. The van der Waals surface area contributed by atoms with E-state index in [0.29, 0.717) is 6.42 Å². The largest absolute Gasteiger partial charge is 0.396 e. The summed E-state index contributed by atoms with van der Waals surface area (Å²) in [5, 5.41) is 15.6. The van der Waals surface area contributed by atoms with Crippen molar-refractivity contribution in [3.63, 3.8) is 0 Å². The highest BCUT2D eigenvalue weighted by Gasteiger charge is 2.23. The van der Waals surface area contributed by atoms with Crippen LogP contribution in [0.4, 0.5) is 11.6 Å². The van der Waals surface area contributed by atoms with Crippen LogP contribution in [0.5, 0.6) is 0 Å². The summed E-state index contributed by atoms with van der Waals surface area (Å²) in [7, 11) is 1.83. The molecule has 6 nitrogen and oxygen atoms in total. The van der Waals surface area contributed by atoms with Crippen LogP contribution in [-0.4, -0.2) is 38.7 Å². The molecule has 0 radical (unpaired) electrons. The van der Waals surface area contributed by atoms with Crippen molar-refractivity contribution in [2.45, 2.75) is 32.2 Å². The van der Waals surface area contributed by atoms with Gasteiger partial charge in [0.15, 0.2) is 11.5 Å². The SMILES string of the molecule is CCC(C)(CCO)Nc1nc(NC)cn2ccnc12. The second-order valence-corrected chi connectivity index (χ2v) is 4.90. The van der Waals surface area contributed by atoms with Crippen LogP contribution in [0.25, 0.3) is 5.65 Å². The van der Waals surface area contributed by atoms with E-state index in [4.69, 9.17) is 0 Å². The quantitative estimate of drug-likeness (QED) is 0.740. The van der Waals surface area contributed by atoms with Gasteiger partial charge in [-0.3, -0.25) is 0 Å². The summed E-state index contributed by atoms with van der Waals surface area (Å²) < 4.78 is 1.93. The Kier molecular flexibility index (Phi) is 3.90. The molecule has 0 aliphatic rings. The van der Waals surface area contributed by atoms with E-state index in [0.717, 1.165) is 23.7 Å². The first-order valence-electron chi connectivity index (χ1n) is 6.52. The van der Waals surface area contributed by atoms with Crippen molar-refractivity contribution < 1.29 is 5.11 Å². The fourth-order valence-electron chi connectivity index (χ4n) is 2.00. The van der Waals surface area contributed by atoms with E-state index >= 15 is 0 Å². The van der Waals surface area contributed by atoms with Gasteiger partial charge in [-0.2, -0.15) is 0 Å². The van der Waals surface area contributed by atoms with E-state index in [-0.39, 0.29) is 12.1 Å². The first kappa shape index (κ1) is 13.6. The minimum atomic E-state index is -0.194. The van der Waals surface area contributed by atoms with E-state index in [1.165, 1.54) is 0 Å². The number of nitrogens with one attached hydrogen (secondary N) is 2. The third-order valence-electron chi connectivity index (χ3n) is 3.49. The Hall–Kier alpha value is -1.82. The Morgan fingerprint density at radius 1 is 1.47 bits per heavy atom. The van der Waals surface area contributed by atoms with Gasteiger partial charge in [-0.1, -0.05) is 6.92 Å². The summed E-state index contributed by atoms with van der Waals surface area (Å²) in [5.41, 5.74) is 0.595. The lowest BCUT2D eigenvalue weighted by Crippen LogP contribution is -2.35. The molecule has 3 N–H and O–H groups in total. The van der Waals surface area contributed by atoms with E-state index in [1.54, 1.807) is 6.20 Å². The monoisotopic (exact) mass is 263 g/mol. The number of nitrogens with zero attached hydrogens (tertiary/aromatic N) is 3. The average Bonchev–Trinajstić information content (AvgIpc) is 2.87. The molecule has 0 aliphatic carbocycles. The highest BCUT2D eigenvalue weighted by atomic mass is 16.3. The lowest BCUT2D eigenvalue weighted by atomic mass is 9.95. The third-order valence-corrected chi connectivity index (χ3v) is 3.49. The number of aromatic nitrogens is 3. The average molecular weight is 263 g/mol. The molecule has 0 saturated carbocycles. The zero-order chi connectivity index (χ0) is 13.9. The molecule has 0 fully saturated rings. The number of aliphatic hydroxyl groups excluding tert-OH is 1. The molecule has 2 heterocycles. The van der Waals surface area contributed by atoms with Crippen LogP contribution >= 0.6 is 0 Å². The first-order chi connectivity index (χ1) is 9.11. The second-order valence-electron chi connectivity index (χ2n) is 4.90. The molecular weight excluding hydrogens is 242 g/mol. The number of aliphatic hydroxyl groups is 1. The summed E-state index contributed by atoms with van der Waals surface area (Å²) in [4.78, 5) is 8.84. The molecule has 2 rings (SSSR count).